The van der Waals surface area contributed by atoms with Gasteiger partial charge in [-0.1, -0.05) is 51.0 Å². The summed E-state index contributed by atoms with van der Waals surface area (Å²) in [6.45, 7) is 11.9. The van der Waals surface area contributed by atoms with Crippen LogP contribution in [0.2, 0.25) is 0 Å². The van der Waals surface area contributed by atoms with Crippen LogP contribution >= 0.6 is 0 Å². The van der Waals surface area contributed by atoms with Crippen LogP contribution in [0.4, 0.5) is 0 Å². The van der Waals surface area contributed by atoms with Crippen molar-refractivity contribution in [1.82, 2.24) is 0 Å². The number of rotatable bonds is 17. The lowest BCUT2D eigenvalue weighted by Gasteiger charge is -2.27. The third-order valence-corrected chi connectivity index (χ3v) is 7.03. The van der Waals surface area contributed by atoms with Gasteiger partial charge in [0.15, 0.2) is 11.5 Å². The summed E-state index contributed by atoms with van der Waals surface area (Å²) < 4.78 is 21.5. The van der Waals surface area contributed by atoms with Gasteiger partial charge in [-0.25, -0.2) is 0 Å². The van der Waals surface area contributed by atoms with Gasteiger partial charge in [-0.3, -0.25) is 4.79 Å². The molecule has 1 aliphatic rings. The van der Waals surface area contributed by atoms with Crippen molar-refractivity contribution in [3.63, 3.8) is 0 Å². The molecule has 0 bridgehead atoms. The predicted molar refractivity (Wildman–Crippen MR) is 161 cm³/mol. The Morgan fingerprint density at radius 1 is 1.15 bits per heavy atom. The van der Waals surface area contributed by atoms with E-state index in [0.717, 1.165) is 67.2 Å². The Morgan fingerprint density at radius 3 is 2.52 bits per heavy atom. The first-order chi connectivity index (χ1) is 19.3. The van der Waals surface area contributed by atoms with Crippen LogP contribution in [0, 0.1) is 17.8 Å². The normalized spacial score (nSPS) is 17.4. The summed E-state index contributed by atoms with van der Waals surface area (Å²) in [5, 5.41) is 0. The van der Waals surface area contributed by atoms with Gasteiger partial charge in [-0.15, -0.1) is 0 Å². The van der Waals surface area contributed by atoms with E-state index in [2.05, 4.69) is 25.2 Å². The van der Waals surface area contributed by atoms with E-state index in [-0.39, 0.29) is 0 Å². The molecule has 0 radical (unpaired) electrons. The number of carbonyl (C=O) groups excluding carboxylic acids is 2. The summed E-state index contributed by atoms with van der Waals surface area (Å²) in [6.07, 6.45) is 14.5. The molecule has 1 fully saturated rings. The van der Waals surface area contributed by atoms with Gasteiger partial charge in [-0.05, 0) is 81.0 Å². The molecule has 40 heavy (non-hydrogen) atoms. The maximum absolute atomic E-state index is 10.2. The number of ether oxygens (including phenoxy) is 4. The molecule has 1 aromatic rings. The highest BCUT2D eigenvalue weighted by Crippen LogP contribution is 2.31. The molecule has 1 aromatic carbocycles. The fraction of sp³-hybridized carbons (Fsp3) is 0.576. The van der Waals surface area contributed by atoms with E-state index in [0.29, 0.717) is 42.7 Å². The van der Waals surface area contributed by atoms with Crippen LogP contribution < -0.4 is 15.2 Å². The van der Waals surface area contributed by atoms with E-state index in [1.807, 2.05) is 37.3 Å². The SMILES string of the molecule is C=C(Oc1ccc(CCC(C)C)c(OC)c1)/C(=C\C(C)=C/CCOC=O)OC.NCC1CCCC(CCC=O)C1. The maximum atomic E-state index is 10.2. The molecule has 0 amide bonds. The van der Waals surface area contributed by atoms with Crippen molar-refractivity contribution in [2.24, 2.45) is 23.5 Å². The molecule has 2 N–H and O–H groups in total. The van der Waals surface area contributed by atoms with Crippen molar-refractivity contribution in [1.29, 1.82) is 0 Å². The number of allylic oxidation sites excluding steroid dienone is 2. The van der Waals surface area contributed by atoms with E-state index in [1.54, 1.807) is 14.2 Å². The molecule has 1 saturated carbocycles. The molecule has 0 saturated heterocycles. The first kappa shape index (κ1) is 35.0. The maximum Gasteiger partial charge on any atom is 0.293 e. The second kappa shape index (κ2) is 20.8. The zero-order valence-electron chi connectivity index (χ0n) is 25.3. The summed E-state index contributed by atoms with van der Waals surface area (Å²) in [6, 6.07) is 5.81. The van der Waals surface area contributed by atoms with Crippen LogP contribution in [0.1, 0.15) is 77.7 Å². The fourth-order valence-electron chi connectivity index (χ4n) is 4.74. The lowest BCUT2D eigenvalue weighted by atomic mass is 9.79. The zero-order valence-corrected chi connectivity index (χ0v) is 25.3. The van der Waals surface area contributed by atoms with E-state index in [1.165, 1.54) is 25.7 Å². The number of benzene rings is 1. The molecule has 2 rings (SSSR count). The van der Waals surface area contributed by atoms with Crippen LogP contribution in [0.15, 0.2) is 54.0 Å². The van der Waals surface area contributed by atoms with Crippen molar-refractivity contribution in [2.75, 3.05) is 27.4 Å². The highest BCUT2D eigenvalue weighted by atomic mass is 16.5. The van der Waals surface area contributed by atoms with Crippen LogP contribution in [-0.2, 0) is 25.5 Å². The smallest absolute Gasteiger partial charge is 0.293 e. The molecule has 0 aromatic heterocycles. The average Bonchev–Trinajstić information content (AvgIpc) is 2.96. The summed E-state index contributed by atoms with van der Waals surface area (Å²) in [4.78, 5) is 20.3. The lowest BCUT2D eigenvalue weighted by molar-refractivity contribution is -0.128. The first-order valence-corrected chi connectivity index (χ1v) is 14.4. The molecule has 7 heteroatoms. The number of nitrogens with two attached hydrogens (primary N) is 1. The molecule has 0 heterocycles. The number of aldehydes is 1. The number of methoxy groups -OCH3 is 2. The van der Waals surface area contributed by atoms with Gasteiger partial charge in [0.2, 0.25) is 0 Å². The van der Waals surface area contributed by atoms with Crippen molar-refractivity contribution >= 4 is 12.8 Å². The second-order valence-electron chi connectivity index (χ2n) is 10.7. The fourth-order valence-corrected chi connectivity index (χ4v) is 4.74. The van der Waals surface area contributed by atoms with Gasteiger partial charge in [0, 0.05) is 18.9 Å². The summed E-state index contributed by atoms with van der Waals surface area (Å²) in [5.74, 6) is 4.51. The van der Waals surface area contributed by atoms with Crippen LogP contribution in [0.3, 0.4) is 0 Å². The molecule has 1 aliphatic carbocycles. The quantitative estimate of drug-likeness (QED) is 0.0958. The van der Waals surface area contributed by atoms with Crippen molar-refractivity contribution in [3.8, 4) is 11.5 Å². The van der Waals surface area contributed by atoms with Crippen LogP contribution in [0.5, 0.6) is 11.5 Å². The van der Waals surface area contributed by atoms with Crippen molar-refractivity contribution in [2.45, 2.75) is 78.6 Å². The molecular formula is C33H51NO6. The summed E-state index contributed by atoms with van der Waals surface area (Å²) in [7, 11) is 3.23. The summed E-state index contributed by atoms with van der Waals surface area (Å²) >= 11 is 0. The monoisotopic (exact) mass is 557 g/mol. The van der Waals surface area contributed by atoms with Gasteiger partial charge in [-0.2, -0.15) is 0 Å². The minimum absolute atomic E-state index is 0.345. The Balaban J connectivity index is 0.000000552. The molecule has 0 aliphatic heterocycles. The van der Waals surface area contributed by atoms with Crippen LogP contribution in [-0.4, -0.2) is 40.1 Å². The topological polar surface area (TPSA) is 97.1 Å². The molecule has 2 unspecified atom stereocenters. The number of hydrogen-bond donors (Lipinski definition) is 1. The van der Waals surface area contributed by atoms with E-state index < -0.39 is 0 Å². The Bertz CT molecular complexity index is 952. The number of carbonyl (C=O) groups is 2. The first-order valence-electron chi connectivity index (χ1n) is 14.4. The third-order valence-electron chi connectivity index (χ3n) is 7.03. The third kappa shape index (κ3) is 14.4. The Hall–Kier alpha value is -3.06. The van der Waals surface area contributed by atoms with Crippen molar-refractivity contribution < 1.29 is 28.5 Å². The molecule has 0 spiro atoms. The van der Waals surface area contributed by atoms with E-state index in [4.69, 9.17) is 19.9 Å². The average molecular weight is 558 g/mol. The van der Waals surface area contributed by atoms with E-state index >= 15 is 0 Å². The molecule has 2 atom stereocenters. The van der Waals surface area contributed by atoms with Gasteiger partial charge >= 0.3 is 0 Å². The van der Waals surface area contributed by atoms with Gasteiger partial charge < -0.3 is 29.5 Å². The zero-order chi connectivity index (χ0) is 29.8. The standard InChI is InChI=1S/C23H32O5.C10H19NO/c1-17(2)9-10-20-11-12-21(15-23(20)26-6)28-19(4)22(25-5)14-18(3)8-7-13-27-16-24;11-8-10-4-1-3-9(7-10)5-2-6-12/h8,11-12,14-17H,4,7,9-10,13H2,1-3,5-6H3;6,9-10H,1-5,7-8,11H2/b18-8-,22-14+;. The molecule has 7 nitrogen and oxygen atoms in total. The van der Waals surface area contributed by atoms with Gasteiger partial charge in [0.25, 0.3) is 6.47 Å². The minimum atomic E-state index is 0.345. The Labute approximate surface area is 241 Å². The van der Waals surface area contributed by atoms with Gasteiger partial charge in [0.1, 0.15) is 17.8 Å². The second-order valence-corrected chi connectivity index (χ2v) is 10.7. The molecule has 224 valence electrons. The Morgan fingerprint density at radius 2 is 1.90 bits per heavy atom. The minimum Gasteiger partial charge on any atom is -0.496 e. The van der Waals surface area contributed by atoms with E-state index in [9.17, 15) is 9.59 Å². The highest BCUT2D eigenvalue weighted by molar-refractivity contribution is 5.49. The molecular weight excluding hydrogens is 506 g/mol. The predicted octanol–water partition coefficient (Wildman–Crippen LogP) is 6.95. The van der Waals surface area contributed by atoms with Gasteiger partial charge in [0.05, 0.1) is 20.8 Å². The number of aryl methyl sites for hydroxylation is 1. The van der Waals surface area contributed by atoms with Crippen molar-refractivity contribution in [3.05, 3.63) is 59.6 Å². The Kier molecular flexibility index (Phi) is 18.2. The summed E-state index contributed by atoms with van der Waals surface area (Å²) in [5.41, 5.74) is 7.74. The largest absolute Gasteiger partial charge is 0.496 e. The highest BCUT2D eigenvalue weighted by Gasteiger charge is 2.20. The lowest BCUT2D eigenvalue weighted by Crippen LogP contribution is -2.22. The number of hydrogen-bond acceptors (Lipinski definition) is 7. The van der Waals surface area contributed by atoms with Crippen LogP contribution in [0.25, 0.3) is 0 Å².